The van der Waals surface area contributed by atoms with Crippen molar-refractivity contribution in [1.29, 1.82) is 0 Å². The Bertz CT molecular complexity index is 933. The van der Waals surface area contributed by atoms with Gasteiger partial charge >= 0.3 is 0 Å². The molecule has 0 spiro atoms. The molecule has 2 heterocycles. The lowest BCUT2D eigenvalue weighted by Crippen LogP contribution is -2.25. The number of pyridine rings is 2. The zero-order valence-electron chi connectivity index (χ0n) is 13.5. The molecule has 0 bridgehead atoms. The second-order valence-electron chi connectivity index (χ2n) is 5.45. The summed E-state index contributed by atoms with van der Waals surface area (Å²) in [7, 11) is 3.31. The lowest BCUT2D eigenvalue weighted by molar-refractivity contribution is 0.104. The average Bonchev–Trinajstić information content (AvgIpc) is 2.47. The van der Waals surface area contributed by atoms with E-state index in [2.05, 4.69) is 0 Å². The molecule has 0 atom stereocenters. The van der Waals surface area contributed by atoms with Crippen molar-refractivity contribution in [2.45, 2.75) is 13.8 Å². The van der Waals surface area contributed by atoms with Crippen molar-refractivity contribution in [2.24, 2.45) is 14.1 Å². The monoisotopic (exact) mass is 314 g/mol. The summed E-state index contributed by atoms with van der Waals surface area (Å²) >= 11 is 0. The number of aromatic nitrogens is 2. The van der Waals surface area contributed by atoms with Crippen LogP contribution in [0.1, 0.15) is 27.3 Å². The first-order valence-corrected chi connectivity index (χ1v) is 7.01. The summed E-state index contributed by atoms with van der Waals surface area (Å²) in [5.41, 5.74) is 0.566. The molecule has 0 aliphatic carbocycles. The predicted octanol–water partition coefficient (Wildman–Crippen LogP) is 1.30. The molecular weight excluding hydrogens is 296 g/mol. The molecule has 0 amide bonds. The van der Waals surface area contributed by atoms with E-state index in [-0.39, 0.29) is 16.7 Å². The van der Waals surface area contributed by atoms with Crippen LogP contribution < -0.4 is 11.0 Å². The van der Waals surface area contributed by atoms with Gasteiger partial charge in [0, 0.05) is 49.4 Å². The van der Waals surface area contributed by atoms with E-state index >= 15 is 0 Å². The van der Waals surface area contributed by atoms with E-state index in [1.807, 2.05) is 0 Å². The van der Waals surface area contributed by atoms with Crippen LogP contribution in [0.15, 0.2) is 34.0 Å². The Labute approximate surface area is 132 Å². The fourth-order valence-corrected chi connectivity index (χ4v) is 2.16. The van der Waals surface area contributed by atoms with E-state index in [4.69, 9.17) is 0 Å². The van der Waals surface area contributed by atoms with E-state index in [1.54, 1.807) is 31.7 Å². The highest BCUT2D eigenvalue weighted by molar-refractivity contribution is 6.08. The molecule has 0 saturated heterocycles. The lowest BCUT2D eigenvalue weighted by Gasteiger charge is -2.07. The van der Waals surface area contributed by atoms with E-state index in [1.165, 1.54) is 29.8 Å². The number of carbonyl (C=O) groups excluding carboxylic acids is 1. The van der Waals surface area contributed by atoms with Crippen LogP contribution >= 0.6 is 0 Å². The van der Waals surface area contributed by atoms with Gasteiger partial charge in [0.25, 0.3) is 5.56 Å². The molecule has 6 heteroatoms. The van der Waals surface area contributed by atoms with Gasteiger partial charge in [-0.3, -0.25) is 14.4 Å². The van der Waals surface area contributed by atoms with Crippen LogP contribution in [0.5, 0.6) is 5.75 Å². The smallest absolute Gasteiger partial charge is 0.265 e. The van der Waals surface area contributed by atoms with Crippen LogP contribution in [-0.4, -0.2) is 20.0 Å². The Hall–Kier alpha value is -2.89. The molecule has 0 aliphatic heterocycles. The van der Waals surface area contributed by atoms with Crippen molar-refractivity contribution in [3.05, 3.63) is 67.5 Å². The van der Waals surface area contributed by atoms with Crippen LogP contribution in [0, 0.1) is 13.8 Å². The lowest BCUT2D eigenvalue weighted by atomic mass is 10.1. The molecule has 1 N–H and O–H groups in total. The third-order valence-corrected chi connectivity index (χ3v) is 3.82. The largest absolute Gasteiger partial charge is 0.507 e. The highest BCUT2D eigenvalue weighted by Gasteiger charge is 2.16. The first-order chi connectivity index (χ1) is 10.7. The van der Waals surface area contributed by atoms with Crippen molar-refractivity contribution in [3.8, 4) is 5.75 Å². The van der Waals surface area contributed by atoms with Crippen LogP contribution in [0.2, 0.25) is 0 Å². The van der Waals surface area contributed by atoms with Crippen LogP contribution in [-0.2, 0) is 14.1 Å². The summed E-state index contributed by atoms with van der Waals surface area (Å²) < 4.78 is 3.04. The molecule has 6 nitrogen and oxygen atoms in total. The number of allylic oxidation sites excluding steroid dienone is 1. The Morgan fingerprint density at radius 2 is 1.78 bits per heavy atom. The molecule has 120 valence electrons. The third kappa shape index (κ3) is 3.15. The second kappa shape index (κ2) is 6.08. The van der Waals surface area contributed by atoms with Crippen molar-refractivity contribution in [2.75, 3.05) is 0 Å². The summed E-state index contributed by atoms with van der Waals surface area (Å²) in [6, 6.07) is 2.82. The summed E-state index contributed by atoms with van der Waals surface area (Å²) in [5, 5.41) is 9.87. The zero-order chi connectivity index (χ0) is 17.3. The van der Waals surface area contributed by atoms with Crippen LogP contribution in [0.4, 0.5) is 0 Å². The SMILES string of the molecule is Cc1cc(=O)c(/C=C/C(=O)c2c(O)cc(C)n(C)c2=O)cn1C. The molecular formula is C17H18N2O4. The number of aromatic hydroxyl groups is 1. The summed E-state index contributed by atoms with van der Waals surface area (Å²) in [4.78, 5) is 36.2. The minimum absolute atomic E-state index is 0.217. The summed E-state index contributed by atoms with van der Waals surface area (Å²) in [6.07, 6.45) is 4.08. The fourth-order valence-electron chi connectivity index (χ4n) is 2.16. The summed E-state index contributed by atoms with van der Waals surface area (Å²) in [5.74, 6) is -1.01. The van der Waals surface area contributed by atoms with Gasteiger partial charge in [-0.1, -0.05) is 0 Å². The number of hydrogen-bond donors (Lipinski definition) is 1. The van der Waals surface area contributed by atoms with Crippen LogP contribution in [0.25, 0.3) is 6.08 Å². The van der Waals surface area contributed by atoms with Crippen molar-refractivity contribution in [1.82, 2.24) is 9.13 Å². The number of carbonyl (C=O) groups is 1. The molecule has 0 unspecified atom stereocenters. The van der Waals surface area contributed by atoms with Gasteiger partial charge in [0.05, 0.1) is 0 Å². The molecule has 2 rings (SSSR count). The predicted molar refractivity (Wildman–Crippen MR) is 87.9 cm³/mol. The van der Waals surface area contributed by atoms with E-state index in [0.29, 0.717) is 11.3 Å². The Kier molecular flexibility index (Phi) is 4.36. The Morgan fingerprint density at radius 3 is 2.43 bits per heavy atom. The standard InChI is InChI=1S/C17H18N2O4/c1-10-7-14(21)12(9-18(10)3)5-6-13(20)16-15(22)8-11(2)19(4)17(16)23/h5-9,22H,1-4H3/b6-5+. The van der Waals surface area contributed by atoms with Gasteiger partial charge in [-0.15, -0.1) is 0 Å². The molecule has 0 saturated carbocycles. The molecule has 0 radical (unpaired) electrons. The number of ketones is 1. The van der Waals surface area contributed by atoms with Gasteiger partial charge in [-0.25, -0.2) is 0 Å². The fraction of sp³-hybridized carbons (Fsp3) is 0.235. The quantitative estimate of drug-likeness (QED) is 0.684. The van der Waals surface area contributed by atoms with Gasteiger partial charge in [-0.2, -0.15) is 0 Å². The Balaban J connectivity index is 2.45. The molecule has 0 aromatic carbocycles. The third-order valence-electron chi connectivity index (χ3n) is 3.82. The molecule has 2 aromatic rings. The highest BCUT2D eigenvalue weighted by Crippen LogP contribution is 2.15. The summed E-state index contributed by atoms with van der Waals surface area (Å²) in [6.45, 7) is 3.45. The maximum absolute atomic E-state index is 12.2. The minimum atomic E-state index is -0.647. The van der Waals surface area contributed by atoms with Gasteiger partial charge in [0.2, 0.25) is 0 Å². The first kappa shape index (κ1) is 16.5. The van der Waals surface area contributed by atoms with Gasteiger partial charge in [0.1, 0.15) is 11.3 Å². The van der Waals surface area contributed by atoms with Crippen molar-refractivity contribution >= 4 is 11.9 Å². The number of aryl methyl sites for hydroxylation is 3. The zero-order valence-corrected chi connectivity index (χ0v) is 13.5. The van der Waals surface area contributed by atoms with E-state index < -0.39 is 11.3 Å². The van der Waals surface area contributed by atoms with Gasteiger partial charge < -0.3 is 14.2 Å². The van der Waals surface area contributed by atoms with Crippen LogP contribution in [0.3, 0.4) is 0 Å². The molecule has 0 aliphatic rings. The van der Waals surface area contributed by atoms with Gasteiger partial charge in [0.15, 0.2) is 11.2 Å². The topological polar surface area (TPSA) is 81.3 Å². The van der Waals surface area contributed by atoms with Crippen molar-refractivity contribution < 1.29 is 9.90 Å². The van der Waals surface area contributed by atoms with E-state index in [9.17, 15) is 19.5 Å². The van der Waals surface area contributed by atoms with Crippen molar-refractivity contribution in [3.63, 3.8) is 0 Å². The van der Waals surface area contributed by atoms with E-state index in [0.717, 1.165) is 11.8 Å². The number of hydrogen-bond acceptors (Lipinski definition) is 4. The number of nitrogens with zero attached hydrogens (tertiary/aromatic N) is 2. The minimum Gasteiger partial charge on any atom is -0.507 e. The Morgan fingerprint density at radius 1 is 1.13 bits per heavy atom. The molecule has 2 aromatic heterocycles. The average molecular weight is 314 g/mol. The number of rotatable bonds is 3. The normalized spacial score (nSPS) is 11.1. The maximum Gasteiger partial charge on any atom is 0.265 e. The molecule has 23 heavy (non-hydrogen) atoms. The van der Waals surface area contributed by atoms with Gasteiger partial charge in [-0.05, 0) is 26.0 Å². The first-order valence-electron chi connectivity index (χ1n) is 7.01. The second-order valence-corrected chi connectivity index (χ2v) is 5.45. The maximum atomic E-state index is 12.2. The highest BCUT2D eigenvalue weighted by atomic mass is 16.3. The molecule has 0 fully saturated rings.